The molecular weight excluding hydrogens is 330 g/mol. The summed E-state index contributed by atoms with van der Waals surface area (Å²) in [7, 11) is -5.59. The van der Waals surface area contributed by atoms with Crippen molar-refractivity contribution in [1.82, 2.24) is 0 Å². The van der Waals surface area contributed by atoms with Gasteiger partial charge in [0.2, 0.25) is 0 Å². The van der Waals surface area contributed by atoms with Crippen LogP contribution in [0.4, 0.5) is 23.2 Å². The lowest BCUT2D eigenvalue weighted by Gasteiger charge is -2.25. The van der Waals surface area contributed by atoms with Crippen LogP contribution in [-0.2, 0) is 9.84 Å². The normalized spacial score (nSPS) is 17.7. The second-order valence-corrected chi connectivity index (χ2v) is 7.75. The van der Waals surface area contributed by atoms with Gasteiger partial charge in [0, 0.05) is 6.04 Å². The van der Waals surface area contributed by atoms with Gasteiger partial charge in [-0.3, -0.25) is 0 Å². The van der Waals surface area contributed by atoms with Crippen molar-refractivity contribution >= 4 is 27.3 Å². The van der Waals surface area contributed by atoms with Crippen molar-refractivity contribution < 1.29 is 26.0 Å². The van der Waals surface area contributed by atoms with Gasteiger partial charge >= 0.3 is 5.51 Å². The number of nitrogens with one attached hydrogen (secondary N) is 1. The van der Waals surface area contributed by atoms with Crippen molar-refractivity contribution in [3.8, 4) is 0 Å². The van der Waals surface area contributed by atoms with Gasteiger partial charge in [-0.1, -0.05) is 0 Å². The predicted octanol–water partition coefficient (Wildman–Crippen LogP) is 3.43. The highest BCUT2D eigenvalue weighted by atomic mass is 32.2. The molecule has 1 saturated heterocycles. The van der Waals surface area contributed by atoms with E-state index in [9.17, 15) is 26.0 Å². The van der Waals surface area contributed by atoms with Crippen LogP contribution < -0.4 is 5.32 Å². The molecule has 1 heterocycles. The Kier molecular flexibility index (Phi) is 4.72. The number of sulfone groups is 1. The standard InChI is InChI=1S/C12H13F4NO2S2/c13-8-1-2-10(17-9-3-5-20-6-4-9)11(7-8)21(18,19)12(14,15)16/h1-2,7,9,17H,3-6H2. The Morgan fingerprint density at radius 2 is 1.81 bits per heavy atom. The van der Waals surface area contributed by atoms with E-state index in [1.165, 1.54) is 0 Å². The summed E-state index contributed by atoms with van der Waals surface area (Å²) in [5.74, 6) is 0.669. The van der Waals surface area contributed by atoms with Crippen molar-refractivity contribution in [2.75, 3.05) is 16.8 Å². The second kappa shape index (κ2) is 6.04. The summed E-state index contributed by atoms with van der Waals surface area (Å²) < 4.78 is 74.3. The average Bonchev–Trinajstić information content (AvgIpc) is 2.40. The lowest BCUT2D eigenvalue weighted by atomic mass is 10.1. The molecule has 1 aliphatic rings. The minimum Gasteiger partial charge on any atom is -0.381 e. The van der Waals surface area contributed by atoms with Crippen LogP contribution in [0.2, 0.25) is 0 Å². The van der Waals surface area contributed by atoms with Crippen LogP contribution in [0.1, 0.15) is 12.8 Å². The highest BCUT2D eigenvalue weighted by molar-refractivity contribution is 7.99. The lowest BCUT2D eigenvalue weighted by Crippen LogP contribution is -2.28. The van der Waals surface area contributed by atoms with E-state index in [2.05, 4.69) is 5.32 Å². The molecule has 1 aliphatic heterocycles. The molecule has 0 bridgehead atoms. The van der Waals surface area contributed by atoms with E-state index in [-0.39, 0.29) is 11.7 Å². The molecule has 0 aromatic heterocycles. The minimum absolute atomic E-state index is 0.112. The number of hydrogen-bond acceptors (Lipinski definition) is 4. The van der Waals surface area contributed by atoms with Crippen molar-refractivity contribution in [2.24, 2.45) is 0 Å². The Bertz CT molecular complexity index is 610. The Balaban J connectivity index is 2.38. The fourth-order valence-corrected chi connectivity index (χ4v) is 4.06. The molecule has 0 radical (unpaired) electrons. The molecule has 3 nitrogen and oxygen atoms in total. The predicted molar refractivity (Wildman–Crippen MR) is 73.6 cm³/mol. The summed E-state index contributed by atoms with van der Waals surface area (Å²) in [6.07, 6.45) is 1.43. The molecule has 0 unspecified atom stereocenters. The van der Waals surface area contributed by atoms with Crippen LogP contribution in [0.3, 0.4) is 0 Å². The van der Waals surface area contributed by atoms with E-state index in [1.54, 1.807) is 11.8 Å². The first kappa shape index (κ1) is 16.4. The Morgan fingerprint density at radius 3 is 2.38 bits per heavy atom. The fraction of sp³-hybridized carbons (Fsp3) is 0.500. The maximum atomic E-state index is 13.2. The molecule has 0 aliphatic carbocycles. The van der Waals surface area contributed by atoms with Crippen molar-refractivity contribution in [2.45, 2.75) is 29.3 Å². The Labute approximate surface area is 124 Å². The molecule has 118 valence electrons. The van der Waals surface area contributed by atoms with Gasteiger partial charge in [-0.2, -0.15) is 24.9 Å². The van der Waals surface area contributed by atoms with E-state index in [1.807, 2.05) is 0 Å². The van der Waals surface area contributed by atoms with Crippen molar-refractivity contribution in [1.29, 1.82) is 0 Å². The zero-order chi connectivity index (χ0) is 15.7. The Hall–Kier alpha value is -0.960. The first-order valence-corrected chi connectivity index (χ1v) is 8.81. The molecule has 9 heteroatoms. The van der Waals surface area contributed by atoms with Gasteiger partial charge in [0.15, 0.2) is 0 Å². The van der Waals surface area contributed by atoms with Gasteiger partial charge in [-0.05, 0) is 42.5 Å². The van der Waals surface area contributed by atoms with Gasteiger partial charge in [0.25, 0.3) is 9.84 Å². The Morgan fingerprint density at radius 1 is 1.19 bits per heavy atom. The number of anilines is 1. The number of benzene rings is 1. The maximum Gasteiger partial charge on any atom is 0.501 e. The molecule has 1 fully saturated rings. The van der Waals surface area contributed by atoms with E-state index in [0.717, 1.165) is 23.6 Å². The second-order valence-electron chi connectivity index (χ2n) is 4.62. The van der Waals surface area contributed by atoms with Gasteiger partial charge in [-0.15, -0.1) is 0 Å². The monoisotopic (exact) mass is 343 g/mol. The molecule has 2 rings (SSSR count). The molecule has 1 aromatic carbocycles. The molecule has 0 atom stereocenters. The van der Waals surface area contributed by atoms with Crippen LogP contribution in [0.15, 0.2) is 23.1 Å². The summed E-state index contributed by atoms with van der Waals surface area (Å²) in [5.41, 5.74) is -5.66. The third-order valence-corrected chi connectivity index (χ3v) is 5.69. The van der Waals surface area contributed by atoms with Crippen LogP contribution >= 0.6 is 11.8 Å². The van der Waals surface area contributed by atoms with Crippen molar-refractivity contribution in [3.05, 3.63) is 24.0 Å². The first-order chi connectivity index (χ1) is 9.72. The smallest absolute Gasteiger partial charge is 0.381 e. The van der Waals surface area contributed by atoms with Crippen molar-refractivity contribution in [3.63, 3.8) is 0 Å². The summed E-state index contributed by atoms with van der Waals surface area (Å²) in [6, 6.07) is 2.27. The number of thioether (sulfide) groups is 1. The molecule has 21 heavy (non-hydrogen) atoms. The van der Waals surface area contributed by atoms with E-state index < -0.39 is 26.1 Å². The zero-order valence-corrected chi connectivity index (χ0v) is 12.4. The molecule has 0 amide bonds. The highest BCUT2D eigenvalue weighted by Gasteiger charge is 2.48. The average molecular weight is 343 g/mol. The van der Waals surface area contributed by atoms with Gasteiger partial charge < -0.3 is 5.32 Å². The van der Waals surface area contributed by atoms with Crippen LogP contribution in [0, 0.1) is 5.82 Å². The summed E-state index contributed by atoms with van der Waals surface area (Å²) >= 11 is 1.73. The van der Waals surface area contributed by atoms with Gasteiger partial charge in [-0.25, -0.2) is 12.8 Å². The van der Waals surface area contributed by atoms with Crippen LogP contribution in [0.25, 0.3) is 0 Å². The third kappa shape index (κ3) is 3.63. The first-order valence-electron chi connectivity index (χ1n) is 6.17. The lowest BCUT2D eigenvalue weighted by molar-refractivity contribution is -0.0435. The molecule has 0 spiro atoms. The van der Waals surface area contributed by atoms with Gasteiger partial charge in [0.05, 0.1) is 5.69 Å². The summed E-state index contributed by atoms with van der Waals surface area (Å²) in [6.45, 7) is 0. The number of hydrogen-bond donors (Lipinski definition) is 1. The molecule has 1 aromatic rings. The molecule has 1 N–H and O–H groups in total. The quantitative estimate of drug-likeness (QED) is 0.854. The van der Waals surface area contributed by atoms with E-state index >= 15 is 0 Å². The van der Waals surface area contributed by atoms with Gasteiger partial charge in [0.1, 0.15) is 10.7 Å². The summed E-state index contributed by atoms with van der Waals surface area (Å²) in [4.78, 5) is -1.06. The highest BCUT2D eigenvalue weighted by Crippen LogP contribution is 2.35. The largest absolute Gasteiger partial charge is 0.501 e. The van der Waals surface area contributed by atoms with Crippen LogP contribution in [0.5, 0.6) is 0 Å². The number of halogens is 4. The van der Waals surface area contributed by atoms with Crippen LogP contribution in [-0.4, -0.2) is 31.5 Å². The topological polar surface area (TPSA) is 46.2 Å². The zero-order valence-electron chi connectivity index (χ0n) is 10.8. The number of rotatable bonds is 3. The third-order valence-electron chi connectivity index (χ3n) is 3.12. The fourth-order valence-electron chi connectivity index (χ4n) is 2.02. The maximum absolute atomic E-state index is 13.2. The molecule has 0 saturated carbocycles. The van der Waals surface area contributed by atoms with E-state index in [4.69, 9.17) is 0 Å². The summed E-state index contributed by atoms with van der Waals surface area (Å²) in [5, 5.41) is 2.80. The number of alkyl halides is 3. The SMILES string of the molecule is O=S(=O)(c1cc(F)ccc1NC1CCSCC1)C(F)(F)F. The molecular formula is C12H13F4NO2S2. The minimum atomic E-state index is -5.59. The van der Waals surface area contributed by atoms with E-state index in [0.29, 0.717) is 18.9 Å².